The summed E-state index contributed by atoms with van der Waals surface area (Å²) in [6, 6.07) is 2.33. The molecule has 1 aromatic rings. The lowest BCUT2D eigenvalue weighted by Crippen LogP contribution is -2.30. The Bertz CT molecular complexity index is 354. The second-order valence-electron chi connectivity index (χ2n) is 4.28. The number of carbonyl (C=O) groups is 1. The van der Waals surface area contributed by atoms with Gasteiger partial charge in [0.25, 0.3) is 5.91 Å². The molecule has 1 aliphatic heterocycles. The summed E-state index contributed by atoms with van der Waals surface area (Å²) in [6.07, 6.45) is 4.97. The van der Waals surface area contributed by atoms with Gasteiger partial charge in [0.15, 0.2) is 0 Å². The third-order valence-electron chi connectivity index (χ3n) is 2.93. The van der Waals surface area contributed by atoms with Crippen LogP contribution in [0.2, 0.25) is 0 Å². The standard InChI is InChI=1S/C12H18N2O2/c1-9-7-10(8-16-9)12(15)14-6-4-11-3-2-5-13-11/h7-8,11,13H,2-6H2,1H3,(H,14,15)/t11-/m1/s1. The maximum atomic E-state index is 11.6. The molecule has 1 amide bonds. The van der Waals surface area contributed by atoms with Crippen LogP contribution in [-0.4, -0.2) is 25.0 Å². The van der Waals surface area contributed by atoms with E-state index in [1.54, 1.807) is 6.07 Å². The minimum atomic E-state index is -0.0464. The van der Waals surface area contributed by atoms with E-state index < -0.39 is 0 Å². The van der Waals surface area contributed by atoms with Crippen molar-refractivity contribution in [3.05, 3.63) is 23.7 Å². The summed E-state index contributed by atoms with van der Waals surface area (Å²) < 4.78 is 5.09. The van der Waals surface area contributed by atoms with Gasteiger partial charge in [-0.05, 0) is 38.8 Å². The number of rotatable bonds is 4. The number of hydrogen-bond donors (Lipinski definition) is 2. The quantitative estimate of drug-likeness (QED) is 0.811. The zero-order valence-electron chi connectivity index (χ0n) is 9.58. The number of furan rings is 1. The maximum Gasteiger partial charge on any atom is 0.254 e. The molecule has 88 valence electrons. The van der Waals surface area contributed by atoms with Crippen molar-refractivity contribution in [2.75, 3.05) is 13.1 Å². The highest BCUT2D eigenvalue weighted by molar-refractivity contribution is 5.93. The van der Waals surface area contributed by atoms with E-state index in [1.165, 1.54) is 19.1 Å². The second kappa shape index (κ2) is 5.16. The molecule has 4 heteroatoms. The number of amides is 1. The van der Waals surface area contributed by atoms with Crippen molar-refractivity contribution in [3.63, 3.8) is 0 Å². The van der Waals surface area contributed by atoms with E-state index in [1.807, 2.05) is 6.92 Å². The van der Waals surface area contributed by atoms with Crippen LogP contribution in [0.25, 0.3) is 0 Å². The van der Waals surface area contributed by atoms with Crippen molar-refractivity contribution in [1.82, 2.24) is 10.6 Å². The predicted octanol–water partition coefficient (Wildman–Crippen LogP) is 1.46. The van der Waals surface area contributed by atoms with E-state index in [4.69, 9.17) is 4.42 Å². The fourth-order valence-electron chi connectivity index (χ4n) is 2.03. The monoisotopic (exact) mass is 222 g/mol. The third-order valence-corrected chi connectivity index (χ3v) is 2.93. The van der Waals surface area contributed by atoms with E-state index in [0.29, 0.717) is 11.6 Å². The molecular formula is C12H18N2O2. The predicted molar refractivity (Wildman–Crippen MR) is 61.4 cm³/mol. The molecule has 2 N–H and O–H groups in total. The highest BCUT2D eigenvalue weighted by Gasteiger charge is 2.14. The van der Waals surface area contributed by atoms with Crippen molar-refractivity contribution in [2.24, 2.45) is 0 Å². The van der Waals surface area contributed by atoms with Gasteiger partial charge in [0, 0.05) is 12.6 Å². The zero-order valence-corrected chi connectivity index (χ0v) is 9.58. The average molecular weight is 222 g/mol. The molecule has 1 aliphatic rings. The topological polar surface area (TPSA) is 54.3 Å². The van der Waals surface area contributed by atoms with Crippen LogP contribution in [0, 0.1) is 6.92 Å². The Morgan fingerprint density at radius 2 is 2.56 bits per heavy atom. The zero-order chi connectivity index (χ0) is 11.4. The summed E-state index contributed by atoms with van der Waals surface area (Å²) in [4.78, 5) is 11.6. The first kappa shape index (κ1) is 11.2. The molecule has 0 radical (unpaired) electrons. The lowest BCUT2D eigenvalue weighted by molar-refractivity contribution is 0.0951. The molecule has 1 fully saturated rings. The van der Waals surface area contributed by atoms with E-state index in [-0.39, 0.29) is 5.91 Å². The summed E-state index contributed by atoms with van der Waals surface area (Å²) in [7, 11) is 0. The Labute approximate surface area is 95.4 Å². The summed E-state index contributed by atoms with van der Waals surface area (Å²) in [6.45, 7) is 3.67. The molecule has 0 aromatic carbocycles. The first-order valence-corrected chi connectivity index (χ1v) is 5.82. The molecule has 1 aromatic heterocycles. The normalized spacial score (nSPS) is 19.9. The van der Waals surface area contributed by atoms with Gasteiger partial charge >= 0.3 is 0 Å². The van der Waals surface area contributed by atoms with Crippen LogP contribution in [0.5, 0.6) is 0 Å². The first-order valence-electron chi connectivity index (χ1n) is 5.82. The molecule has 1 atom stereocenters. The minimum absolute atomic E-state index is 0.0464. The van der Waals surface area contributed by atoms with Crippen LogP contribution in [-0.2, 0) is 0 Å². The SMILES string of the molecule is Cc1cc(C(=O)NCC[C@H]2CCCN2)co1. The molecule has 0 aliphatic carbocycles. The lowest BCUT2D eigenvalue weighted by Gasteiger charge is -2.09. The average Bonchev–Trinajstić information content (AvgIpc) is 2.89. The van der Waals surface area contributed by atoms with E-state index in [0.717, 1.165) is 25.3 Å². The van der Waals surface area contributed by atoms with Gasteiger partial charge in [-0.1, -0.05) is 0 Å². The highest BCUT2D eigenvalue weighted by Crippen LogP contribution is 2.08. The molecule has 2 rings (SSSR count). The van der Waals surface area contributed by atoms with Gasteiger partial charge in [-0.15, -0.1) is 0 Å². The fourth-order valence-corrected chi connectivity index (χ4v) is 2.03. The second-order valence-corrected chi connectivity index (χ2v) is 4.28. The molecule has 0 saturated carbocycles. The van der Waals surface area contributed by atoms with Crippen molar-refractivity contribution < 1.29 is 9.21 Å². The molecule has 0 spiro atoms. The largest absolute Gasteiger partial charge is 0.469 e. The Morgan fingerprint density at radius 1 is 1.69 bits per heavy atom. The van der Waals surface area contributed by atoms with Gasteiger partial charge in [-0.3, -0.25) is 4.79 Å². The van der Waals surface area contributed by atoms with Crippen LogP contribution in [0.3, 0.4) is 0 Å². The number of nitrogens with one attached hydrogen (secondary N) is 2. The molecule has 1 saturated heterocycles. The summed E-state index contributed by atoms with van der Waals surface area (Å²) in [5, 5.41) is 6.30. The number of hydrogen-bond acceptors (Lipinski definition) is 3. The molecular weight excluding hydrogens is 204 g/mol. The summed E-state index contributed by atoms with van der Waals surface area (Å²) in [5.41, 5.74) is 0.608. The summed E-state index contributed by atoms with van der Waals surface area (Å²) in [5.74, 6) is 0.720. The first-order chi connectivity index (χ1) is 7.75. The van der Waals surface area contributed by atoms with E-state index >= 15 is 0 Å². The fraction of sp³-hybridized carbons (Fsp3) is 0.583. The van der Waals surface area contributed by atoms with Gasteiger partial charge in [0.2, 0.25) is 0 Å². The van der Waals surface area contributed by atoms with Crippen molar-refractivity contribution in [3.8, 4) is 0 Å². The minimum Gasteiger partial charge on any atom is -0.469 e. The number of carbonyl (C=O) groups excluding carboxylic acids is 1. The van der Waals surface area contributed by atoms with Gasteiger partial charge in [-0.2, -0.15) is 0 Å². The highest BCUT2D eigenvalue weighted by atomic mass is 16.3. The lowest BCUT2D eigenvalue weighted by atomic mass is 10.1. The van der Waals surface area contributed by atoms with Crippen molar-refractivity contribution in [1.29, 1.82) is 0 Å². The Hall–Kier alpha value is -1.29. The van der Waals surface area contributed by atoms with E-state index in [9.17, 15) is 4.79 Å². The molecule has 4 nitrogen and oxygen atoms in total. The van der Waals surface area contributed by atoms with Gasteiger partial charge < -0.3 is 15.1 Å². The van der Waals surface area contributed by atoms with Gasteiger partial charge in [0.05, 0.1) is 5.56 Å². The maximum absolute atomic E-state index is 11.6. The van der Waals surface area contributed by atoms with Gasteiger partial charge in [-0.25, -0.2) is 0 Å². The summed E-state index contributed by atoms with van der Waals surface area (Å²) >= 11 is 0. The Balaban J connectivity index is 1.71. The van der Waals surface area contributed by atoms with Crippen LogP contribution >= 0.6 is 0 Å². The Morgan fingerprint density at radius 3 is 3.19 bits per heavy atom. The van der Waals surface area contributed by atoms with Crippen LogP contribution < -0.4 is 10.6 Å². The molecule has 16 heavy (non-hydrogen) atoms. The Kier molecular flexibility index (Phi) is 3.62. The number of aryl methyl sites for hydroxylation is 1. The molecule has 0 unspecified atom stereocenters. The third kappa shape index (κ3) is 2.85. The van der Waals surface area contributed by atoms with Crippen LogP contribution in [0.15, 0.2) is 16.7 Å². The smallest absolute Gasteiger partial charge is 0.254 e. The van der Waals surface area contributed by atoms with Crippen molar-refractivity contribution >= 4 is 5.91 Å². The molecule has 2 heterocycles. The molecule has 0 bridgehead atoms. The van der Waals surface area contributed by atoms with Crippen molar-refractivity contribution in [2.45, 2.75) is 32.2 Å². The van der Waals surface area contributed by atoms with Crippen LogP contribution in [0.1, 0.15) is 35.4 Å². The van der Waals surface area contributed by atoms with Gasteiger partial charge in [0.1, 0.15) is 12.0 Å². The van der Waals surface area contributed by atoms with Crippen LogP contribution in [0.4, 0.5) is 0 Å². The van der Waals surface area contributed by atoms with E-state index in [2.05, 4.69) is 10.6 Å².